The van der Waals surface area contributed by atoms with Crippen LogP contribution in [0.5, 0.6) is 0 Å². The number of hydrogen-bond donors (Lipinski definition) is 2. The minimum atomic E-state index is -0.0718. The Morgan fingerprint density at radius 3 is 2.43 bits per heavy atom. The molecule has 0 amide bonds. The molecule has 0 saturated heterocycles. The highest BCUT2D eigenvalue weighted by Gasteiger charge is 2.15. The number of benzene rings is 2. The molecule has 158 valence electrons. The first-order valence-electron chi connectivity index (χ1n) is 10.1. The van der Waals surface area contributed by atoms with Gasteiger partial charge in [0, 0.05) is 29.9 Å². The number of thiocarbonyl (C=S) groups is 1. The molecule has 0 saturated carbocycles. The van der Waals surface area contributed by atoms with E-state index in [4.69, 9.17) is 12.2 Å². The number of nitrogens with one attached hydrogen (secondary N) is 2. The number of anilines is 1. The lowest BCUT2D eigenvalue weighted by molar-refractivity contribution is 0.327. The molecule has 2 N–H and O–H groups in total. The molecule has 0 aliphatic rings. The summed E-state index contributed by atoms with van der Waals surface area (Å²) in [6.07, 6.45) is 0. The van der Waals surface area contributed by atoms with Crippen LogP contribution in [0.1, 0.15) is 22.3 Å². The topological polar surface area (TPSA) is 51.4 Å². The van der Waals surface area contributed by atoms with Gasteiger partial charge in [0.2, 0.25) is 0 Å². The second-order valence-electron chi connectivity index (χ2n) is 8.19. The number of H-pyrrole nitrogens is 1. The van der Waals surface area contributed by atoms with E-state index in [1.807, 2.05) is 39.2 Å². The second-order valence-corrected chi connectivity index (χ2v) is 8.57. The smallest absolute Gasteiger partial charge is 0.253 e. The summed E-state index contributed by atoms with van der Waals surface area (Å²) >= 11 is 5.75. The van der Waals surface area contributed by atoms with E-state index in [0.717, 1.165) is 40.8 Å². The average molecular weight is 423 g/mol. The summed E-state index contributed by atoms with van der Waals surface area (Å²) in [4.78, 5) is 19.9. The summed E-state index contributed by atoms with van der Waals surface area (Å²) in [5.41, 5.74) is 5.92. The third-order valence-corrected chi connectivity index (χ3v) is 5.54. The number of aromatic amines is 1. The molecule has 5 nitrogen and oxygen atoms in total. The Balaban J connectivity index is 1.88. The molecule has 0 radical (unpaired) electrons. The van der Waals surface area contributed by atoms with Crippen LogP contribution in [0.25, 0.3) is 10.9 Å². The molecule has 0 bridgehead atoms. The monoisotopic (exact) mass is 422 g/mol. The quantitative estimate of drug-likeness (QED) is 0.583. The third kappa shape index (κ3) is 5.46. The van der Waals surface area contributed by atoms with Gasteiger partial charge in [-0.25, -0.2) is 0 Å². The maximum atomic E-state index is 12.7. The average Bonchev–Trinajstić information content (AvgIpc) is 2.68. The largest absolute Gasteiger partial charge is 0.343 e. The number of aryl methyl sites for hydroxylation is 3. The van der Waals surface area contributed by atoms with Crippen molar-refractivity contribution in [3.8, 4) is 0 Å². The van der Waals surface area contributed by atoms with E-state index in [1.165, 1.54) is 5.56 Å². The third-order valence-electron chi connectivity index (χ3n) is 5.18. The highest BCUT2D eigenvalue weighted by Crippen LogP contribution is 2.18. The van der Waals surface area contributed by atoms with Crippen LogP contribution in [0, 0.1) is 20.8 Å². The van der Waals surface area contributed by atoms with E-state index in [-0.39, 0.29) is 5.56 Å². The van der Waals surface area contributed by atoms with Crippen molar-refractivity contribution in [1.29, 1.82) is 0 Å². The van der Waals surface area contributed by atoms with Crippen molar-refractivity contribution in [3.05, 3.63) is 75.1 Å². The molecule has 0 fully saturated rings. The van der Waals surface area contributed by atoms with Gasteiger partial charge in [0.1, 0.15) is 0 Å². The zero-order valence-electron chi connectivity index (χ0n) is 18.4. The molecular formula is C24H30N4OS. The van der Waals surface area contributed by atoms with E-state index in [0.29, 0.717) is 17.2 Å². The van der Waals surface area contributed by atoms with E-state index in [1.54, 1.807) is 0 Å². The summed E-state index contributed by atoms with van der Waals surface area (Å²) in [7, 11) is 4.06. The zero-order valence-corrected chi connectivity index (χ0v) is 19.2. The number of hydrogen-bond acceptors (Lipinski definition) is 3. The van der Waals surface area contributed by atoms with E-state index in [2.05, 4.69) is 58.2 Å². The van der Waals surface area contributed by atoms with Crippen molar-refractivity contribution in [2.75, 3.05) is 32.5 Å². The first kappa shape index (κ1) is 22.0. The number of nitrogens with zero attached hydrogens (tertiary/aromatic N) is 2. The lowest BCUT2D eigenvalue weighted by atomic mass is 10.1. The first-order valence-corrected chi connectivity index (χ1v) is 10.5. The van der Waals surface area contributed by atoms with Gasteiger partial charge in [0.25, 0.3) is 5.56 Å². The highest BCUT2D eigenvalue weighted by molar-refractivity contribution is 7.80. The fourth-order valence-corrected chi connectivity index (χ4v) is 3.59. The van der Waals surface area contributed by atoms with Gasteiger partial charge >= 0.3 is 0 Å². The predicted molar refractivity (Wildman–Crippen MR) is 130 cm³/mol. The number of rotatable bonds is 6. The van der Waals surface area contributed by atoms with Crippen LogP contribution in [-0.2, 0) is 6.54 Å². The van der Waals surface area contributed by atoms with Crippen LogP contribution >= 0.6 is 12.2 Å². The number of pyridine rings is 1. The van der Waals surface area contributed by atoms with Gasteiger partial charge in [0.15, 0.2) is 5.11 Å². The maximum Gasteiger partial charge on any atom is 0.253 e. The van der Waals surface area contributed by atoms with Crippen molar-refractivity contribution < 1.29 is 0 Å². The van der Waals surface area contributed by atoms with Crippen LogP contribution < -0.4 is 10.9 Å². The Hall–Kier alpha value is -2.70. The van der Waals surface area contributed by atoms with E-state index in [9.17, 15) is 4.79 Å². The molecule has 0 aliphatic carbocycles. The van der Waals surface area contributed by atoms with Gasteiger partial charge < -0.3 is 20.1 Å². The Kier molecular flexibility index (Phi) is 6.90. The molecule has 1 heterocycles. The summed E-state index contributed by atoms with van der Waals surface area (Å²) in [6.45, 7) is 8.14. The fourth-order valence-electron chi connectivity index (χ4n) is 3.32. The normalized spacial score (nSPS) is 11.1. The number of fused-ring (bicyclic) bond motifs is 1. The van der Waals surface area contributed by atoms with Crippen molar-refractivity contribution in [2.24, 2.45) is 0 Å². The molecule has 0 spiro atoms. The molecule has 1 aromatic heterocycles. The van der Waals surface area contributed by atoms with Gasteiger partial charge in [-0.1, -0.05) is 24.3 Å². The van der Waals surface area contributed by atoms with E-state index < -0.39 is 0 Å². The summed E-state index contributed by atoms with van der Waals surface area (Å²) in [5.74, 6) is 0. The fraction of sp³-hybridized carbons (Fsp3) is 0.333. The molecule has 0 atom stereocenters. The zero-order chi connectivity index (χ0) is 21.8. The Morgan fingerprint density at radius 1 is 1.00 bits per heavy atom. The van der Waals surface area contributed by atoms with Gasteiger partial charge in [-0.2, -0.15) is 0 Å². The highest BCUT2D eigenvalue weighted by atomic mass is 32.1. The first-order chi connectivity index (χ1) is 14.2. The van der Waals surface area contributed by atoms with Gasteiger partial charge in [-0.3, -0.25) is 4.79 Å². The lowest BCUT2D eigenvalue weighted by Crippen LogP contribution is -2.40. The molecular weight excluding hydrogens is 392 g/mol. The van der Waals surface area contributed by atoms with Crippen molar-refractivity contribution >= 4 is 33.9 Å². The molecule has 0 aliphatic heterocycles. The van der Waals surface area contributed by atoms with Crippen molar-refractivity contribution in [2.45, 2.75) is 27.3 Å². The molecule has 2 aromatic carbocycles. The second kappa shape index (κ2) is 9.41. The Bertz CT molecular complexity index is 1120. The molecule has 30 heavy (non-hydrogen) atoms. The minimum absolute atomic E-state index is 0.0718. The molecule has 0 unspecified atom stereocenters. The van der Waals surface area contributed by atoms with Gasteiger partial charge in [-0.05, 0) is 87.4 Å². The Labute approximate surface area is 183 Å². The standard InChI is InChI=1S/C24H30N4OS/c1-16-6-8-18(3)21(12-16)26-24(30)28(11-10-27(4)5)15-20-14-19-9-7-17(2)13-22(19)25-23(20)29/h6-9,12-14H,10-11,15H2,1-5H3,(H,25,29)(H,26,30). The minimum Gasteiger partial charge on any atom is -0.343 e. The van der Waals surface area contributed by atoms with Crippen molar-refractivity contribution in [3.63, 3.8) is 0 Å². The molecule has 3 aromatic rings. The molecule has 6 heteroatoms. The van der Waals surface area contributed by atoms with Crippen molar-refractivity contribution in [1.82, 2.24) is 14.8 Å². The van der Waals surface area contributed by atoms with Crippen LogP contribution in [0.2, 0.25) is 0 Å². The van der Waals surface area contributed by atoms with Crippen LogP contribution in [0.3, 0.4) is 0 Å². The van der Waals surface area contributed by atoms with E-state index >= 15 is 0 Å². The maximum absolute atomic E-state index is 12.7. The summed E-state index contributed by atoms with van der Waals surface area (Å²) < 4.78 is 0. The summed E-state index contributed by atoms with van der Waals surface area (Å²) in [6, 6.07) is 14.3. The van der Waals surface area contributed by atoms with Gasteiger partial charge in [-0.15, -0.1) is 0 Å². The van der Waals surface area contributed by atoms with Crippen LogP contribution in [0.15, 0.2) is 47.3 Å². The molecule has 3 rings (SSSR count). The number of aromatic nitrogens is 1. The Morgan fingerprint density at radius 2 is 1.70 bits per heavy atom. The number of likely N-dealkylation sites (N-methyl/N-ethyl adjacent to an activating group) is 1. The SMILES string of the molecule is Cc1ccc(C)c(NC(=S)N(CCN(C)C)Cc2cc3ccc(C)cc3[nH]c2=O)c1. The van der Waals surface area contributed by atoms with Crippen LogP contribution in [0.4, 0.5) is 5.69 Å². The summed E-state index contributed by atoms with van der Waals surface area (Å²) in [5, 5.41) is 5.03. The lowest BCUT2D eigenvalue weighted by Gasteiger charge is -2.27. The van der Waals surface area contributed by atoms with Crippen LogP contribution in [-0.4, -0.2) is 47.1 Å². The van der Waals surface area contributed by atoms with Gasteiger partial charge in [0.05, 0.1) is 6.54 Å². The predicted octanol–water partition coefficient (Wildman–Crippen LogP) is 4.21.